The van der Waals surface area contributed by atoms with Gasteiger partial charge in [-0.3, -0.25) is 0 Å². The molecule has 0 amide bonds. The van der Waals surface area contributed by atoms with Gasteiger partial charge in [0.25, 0.3) is 0 Å². The van der Waals surface area contributed by atoms with Crippen LogP contribution in [0.1, 0.15) is 48.1 Å². The molecule has 0 saturated carbocycles. The zero-order valence-electron chi connectivity index (χ0n) is 13.5. The Kier molecular flexibility index (Phi) is 5.57. The molecule has 2 nitrogen and oxygen atoms in total. The fraction of sp³-hybridized carbons (Fsp3) is 0.647. The molecule has 0 aliphatic rings. The van der Waals surface area contributed by atoms with Crippen LogP contribution in [0.15, 0.2) is 6.07 Å². The molecule has 0 aromatic heterocycles. The van der Waals surface area contributed by atoms with Crippen molar-refractivity contribution in [3.05, 3.63) is 33.9 Å². The molecule has 0 unspecified atom stereocenters. The minimum atomic E-state index is 0.236. The third-order valence-electron chi connectivity index (χ3n) is 4.35. The Morgan fingerprint density at radius 2 is 1.58 bits per heavy atom. The van der Waals surface area contributed by atoms with Crippen molar-refractivity contribution < 1.29 is 0 Å². The second-order valence-corrected chi connectivity index (χ2v) is 6.53. The van der Waals surface area contributed by atoms with E-state index in [-0.39, 0.29) is 5.41 Å². The zero-order valence-corrected chi connectivity index (χ0v) is 13.5. The average molecular weight is 262 g/mol. The van der Waals surface area contributed by atoms with Crippen LogP contribution in [0.25, 0.3) is 0 Å². The summed E-state index contributed by atoms with van der Waals surface area (Å²) in [6, 6.07) is 2.28. The Morgan fingerprint density at radius 1 is 1.05 bits per heavy atom. The van der Waals surface area contributed by atoms with Gasteiger partial charge in [-0.2, -0.15) is 0 Å². The van der Waals surface area contributed by atoms with Crippen LogP contribution in [0.2, 0.25) is 0 Å². The summed E-state index contributed by atoms with van der Waals surface area (Å²) in [5, 5.41) is 3.57. The summed E-state index contributed by atoms with van der Waals surface area (Å²) in [6.45, 7) is 16.0. The van der Waals surface area contributed by atoms with Crippen LogP contribution in [-0.4, -0.2) is 13.1 Å². The summed E-state index contributed by atoms with van der Waals surface area (Å²) in [7, 11) is 0. The molecule has 0 heterocycles. The molecule has 0 aliphatic carbocycles. The van der Waals surface area contributed by atoms with Crippen LogP contribution < -0.4 is 11.1 Å². The van der Waals surface area contributed by atoms with Gasteiger partial charge in [-0.15, -0.1) is 0 Å². The lowest BCUT2D eigenvalue weighted by molar-refractivity contribution is 0.339. The Balaban J connectivity index is 2.64. The molecular weight excluding hydrogens is 232 g/mol. The van der Waals surface area contributed by atoms with Gasteiger partial charge < -0.3 is 11.1 Å². The maximum Gasteiger partial charge on any atom is 0.0210 e. The Bertz CT molecular complexity index is 407. The fourth-order valence-electron chi connectivity index (χ4n) is 2.31. The molecule has 0 atom stereocenters. The van der Waals surface area contributed by atoms with E-state index in [0.29, 0.717) is 0 Å². The van der Waals surface area contributed by atoms with Gasteiger partial charge in [0.15, 0.2) is 0 Å². The molecule has 1 rings (SSSR count). The highest BCUT2D eigenvalue weighted by Crippen LogP contribution is 2.22. The molecule has 1 aromatic rings. The van der Waals surface area contributed by atoms with Gasteiger partial charge in [0.1, 0.15) is 0 Å². The molecular formula is C17H30N2. The van der Waals surface area contributed by atoms with Crippen molar-refractivity contribution in [2.24, 2.45) is 11.1 Å². The van der Waals surface area contributed by atoms with E-state index < -0.39 is 0 Å². The maximum absolute atomic E-state index is 5.76. The molecule has 2 heteroatoms. The van der Waals surface area contributed by atoms with Gasteiger partial charge in [0.05, 0.1) is 0 Å². The lowest BCUT2D eigenvalue weighted by atomic mass is 9.89. The van der Waals surface area contributed by atoms with Crippen molar-refractivity contribution in [2.45, 2.75) is 54.5 Å². The Hall–Kier alpha value is -0.860. The summed E-state index contributed by atoms with van der Waals surface area (Å²) < 4.78 is 0. The first-order valence-electron chi connectivity index (χ1n) is 7.25. The molecule has 0 spiro atoms. The monoisotopic (exact) mass is 262 g/mol. The smallest absolute Gasteiger partial charge is 0.0210 e. The van der Waals surface area contributed by atoms with Crippen molar-refractivity contribution >= 4 is 0 Å². The van der Waals surface area contributed by atoms with E-state index in [2.05, 4.69) is 52.9 Å². The van der Waals surface area contributed by atoms with Crippen LogP contribution in [0, 0.1) is 33.1 Å². The van der Waals surface area contributed by atoms with E-state index in [1.165, 1.54) is 27.8 Å². The second-order valence-electron chi connectivity index (χ2n) is 6.53. The number of hydrogen-bond donors (Lipinski definition) is 2. The Labute approximate surface area is 118 Å². The molecule has 0 aliphatic heterocycles. The minimum Gasteiger partial charge on any atom is -0.330 e. The zero-order chi connectivity index (χ0) is 14.6. The van der Waals surface area contributed by atoms with Crippen molar-refractivity contribution in [3.63, 3.8) is 0 Å². The van der Waals surface area contributed by atoms with Gasteiger partial charge in [0.2, 0.25) is 0 Å². The third kappa shape index (κ3) is 4.32. The van der Waals surface area contributed by atoms with Gasteiger partial charge in [-0.25, -0.2) is 0 Å². The van der Waals surface area contributed by atoms with Crippen LogP contribution in [0.3, 0.4) is 0 Å². The van der Waals surface area contributed by atoms with Crippen LogP contribution in [0.4, 0.5) is 0 Å². The molecule has 19 heavy (non-hydrogen) atoms. The fourth-order valence-corrected chi connectivity index (χ4v) is 2.31. The first-order chi connectivity index (χ1) is 8.78. The van der Waals surface area contributed by atoms with Crippen LogP contribution >= 0.6 is 0 Å². The SMILES string of the molecule is Cc1cc(C)c(C)c(CNCCC(C)(C)CN)c1C. The first kappa shape index (κ1) is 16.2. The molecule has 0 saturated heterocycles. The highest BCUT2D eigenvalue weighted by Gasteiger charge is 2.14. The summed E-state index contributed by atoms with van der Waals surface area (Å²) in [5.41, 5.74) is 13.1. The van der Waals surface area contributed by atoms with E-state index >= 15 is 0 Å². The summed E-state index contributed by atoms with van der Waals surface area (Å²) in [5.74, 6) is 0. The number of benzene rings is 1. The molecule has 108 valence electrons. The number of hydrogen-bond acceptors (Lipinski definition) is 2. The van der Waals surface area contributed by atoms with Gasteiger partial charge >= 0.3 is 0 Å². The third-order valence-corrected chi connectivity index (χ3v) is 4.35. The first-order valence-corrected chi connectivity index (χ1v) is 7.25. The molecule has 0 fully saturated rings. The lowest BCUT2D eigenvalue weighted by Crippen LogP contribution is -2.28. The summed E-state index contributed by atoms with van der Waals surface area (Å²) in [4.78, 5) is 0. The second kappa shape index (κ2) is 6.53. The highest BCUT2D eigenvalue weighted by molar-refractivity contribution is 5.43. The predicted octanol–water partition coefficient (Wildman–Crippen LogP) is 3.38. The quantitative estimate of drug-likeness (QED) is 0.771. The topological polar surface area (TPSA) is 38.0 Å². The van der Waals surface area contributed by atoms with Crippen molar-refractivity contribution in [2.75, 3.05) is 13.1 Å². The minimum absolute atomic E-state index is 0.236. The van der Waals surface area contributed by atoms with Crippen molar-refractivity contribution in [1.82, 2.24) is 5.32 Å². The lowest BCUT2D eigenvalue weighted by Gasteiger charge is -2.23. The molecule has 0 radical (unpaired) electrons. The van der Waals surface area contributed by atoms with E-state index in [9.17, 15) is 0 Å². The summed E-state index contributed by atoms with van der Waals surface area (Å²) in [6.07, 6.45) is 1.12. The maximum atomic E-state index is 5.76. The number of rotatable bonds is 6. The number of nitrogens with one attached hydrogen (secondary N) is 1. The highest BCUT2D eigenvalue weighted by atomic mass is 14.9. The molecule has 3 N–H and O–H groups in total. The molecule has 0 bridgehead atoms. The largest absolute Gasteiger partial charge is 0.330 e. The van der Waals surface area contributed by atoms with E-state index in [4.69, 9.17) is 5.73 Å². The molecule has 1 aromatic carbocycles. The normalized spacial score (nSPS) is 11.9. The predicted molar refractivity (Wildman–Crippen MR) is 84.5 cm³/mol. The van der Waals surface area contributed by atoms with Crippen molar-refractivity contribution in [1.29, 1.82) is 0 Å². The Morgan fingerprint density at radius 3 is 2.05 bits per heavy atom. The van der Waals surface area contributed by atoms with Crippen molar-refractivity contribution in [3.8, 4) is 0 Å². The van der Waals surface area contributed by atoms with E-state index in [1.807, 2.05) is 0 Å². The number of aryl methyl sites for hydroxylation is 2. The van der Waals surface area contributed by atoms with E-state index in [1.54, 1.807) is 0 Å². The average Bonchev–Trinajstić information content (AvgIpc) is 2.35. The van der Waals surface area contributed by atoms with Gasteiger partial charge in [0, 0.05) is 6.54 Å². The summed E-state index contributed by atoms with van der Waals surface area (Å²) >= 11 is 0. The van der Waals surface area contributed by atoms with Gasteiger partial charge in [-0.1, -0.05) is 19.9 Å². The van der Waals surface area contributed by atoms with E-state index in [0.717, 1.165) is 26.1 Å². The van der Waals surface area contributed by atoms with Crippen LogP contribution in [0.5, 0.6) is 0 Å². The van der Waals surface area contributed by atoms with Crippen LogP contribution in [-0.2, 0) is 6.54 Å². The number of nitrogens with two attached hydrogens (primary N) is 1. The standard InChI is InChI=1S/C17H30N2/c1-12-9-13(2)15(4)16(14(12)3)10-19-8-7-17(5,6)11-18/h9,19H,7-8,10-11,18H2,1-6H3. The van der Waals surface area contributed by atoms with Gasteiger partial charge in [-0.05, 0) is 80.4 Å².